The van der Waals surface area contributed by atoms with Crippen LogP contribution < -0.4 is 10.7 Å². The summed E-state index contributed by atoms with van der Waals surface area (Å²) in [5.74, 6) is 1.11. The zero-order chi connectivity index (χ0) is 25.0. The number of nitrogens with zero attached hydrogens (tertiary/aromatic N) is 6. The number of rotatable bonds is 3. The van der Waals surface area contributed by atoms with Crippen molar-refractivity contribution in [1.29, 1.82) is 0 Å². The predicted octanol–water partition coefficient (Wildman–Crippen LogP) is 4.07. The Kier molecular flexibility index (Phi) is 5.10. The highest BCUT2D eigenvalue weighted by atomic mass is 16.6. The van der Waals surface area contributed by atoms with Crippen molar-refractivity contribution in [1.82, 2.24) is 24.5 Å². The number of fused-ring (bicyclic) bond motifs is 3. The number of benzene rings is 1. The molecule has 0 spiro atoms. The minimum absolute atomic E-state index is 0.0544. The molecule has 2 bridgehead atoms. The van der Waals surface area contributed by atoms with Crippen LogP contribution in [-0.2, 0) is 4.74 Å². The molecule has 5 heterocycles. The molecule has 2 atom stereocenters. The summed E-state index contributed by atoms with van der Waals surface area (Å²) in [7, 11) is 0. The summed E-state index contributed by atoms with van der Waals surface area (Å²) in [6, 6.07) is 18.0. The lowest BCUT2D eigenvalue weighted by Gasteiger charge is -2.37. The number of amides is 1. The number of anilines is 1. The Balaban J connectivity index is 1.43. The van der Waals surface area contributed by atoms with Crippen molar-refractivity contribution in [3.63, 3.8) is 0 Å². The van der Waals surface area contributed by atoms with Crippen LogP contribution in [0.15, 0.2) is 60.8 Å². The smallest absolute Gasteiger partial charge is 0.410 e. The van der Waals surface area contributed by atoms with E-state index in [1.54, 1.807) is 6.20 Å². The van der Waals surface area contributed by atoms with Gasteiger partial charge in [-0.1, -0.05) is 30.3 Å². The number of nitrogens with two attached hydrogens (primary N) is 1. The normalized spacial score (nSPS) is 19.3. The second-order valence-corrected chi connectivity index (χ2v) is 10.4. The summed E-state index contributed by atoms with van der Waals surface area (Å²) >= 11 is 0. The zero-order valence-corrected chi connectivity index (χ0v) is 20.6. The summed E-state index contributed by atoms with van der Waals surface area (Å²) in [6.45, 7) is 6.91. The summed E-state index contributed by atoms with van der Waals surface area (Å²) in [4.78, 5) is 29.0. The number of imidazole rings is 1. The van der Waals surface area contributed by atoms with Gasteiger partial charge in [0, 0.05) is 18.3 Å². The van der Waals surface area contributed by atoms with Crippen LogP contribution in [-0.4, -0.2) is 61.4 Å². The molecule has 36 heavy (non-hydrogen) atoms. The molecule has 1 aromatic carbocycles. The molecule has 1 amide bonds. The Labute approximate surface area is 209 Å². The van der Waals surface area contributed by atoms with Gasteiger partial charge in [0.1, 0.15) is 16.9 Å². The van der Waals surface area contributed by atoms with Gasteiger partial charge in [0.25, 0.3) is 0 Å². The van der Waals surface area contributed by atoms with Crippen molar-refractivity contribution in [2.45, 2.75) is 44.9 Å². The van der Waals surface area contributed by atoms with E-state index in [2.05, 4.69) is 14.7 Å². The number of piperazine rings is 1. The van der Waals surface area contributed by atoms with Crippen molar-refractivity contribution in [3.05, 3.63) is 60.8 Å². The third kappa shape index (κ3) is 3.80. The molecule has 9 heteroatoms. The Morgan fingerprint density at radius 2 is 1.81 bits per heavy atom. The largest absolute Gasteiger partial charge is 0.444 e. The summed E-state index contributed by atoms with van der Waals surface area (Å²) in [5, 5.41) is 2.27. The standard InChI is InChI=1S/C27H29N7O2/c1-27(2,3)36-26(35)32-15-19-14-18(32)16-33(19)34-24(20-10-7-13-29-23(20)28)31-22-12-11-21(30-25(22)34)17-8-5-4-6-9-17/h4-13,18-19H,14-16H2,1-3H3,(H2,28,29)/t18-,19-/m0/s1. The van der Waals surface area contributed by atoms with Crippen LogP contribution in [0.2, 0.25) is 0 Å². The van der Waals surface area contributed by atoms with Crippen LogP contribution in [0, 0.1) is 0 Å². The number of ether oxygens (including phenoxy) is 1. The molecule has 6 rings (SSSR count). The fourth-order valence-corrected chi connectivity index (χ4v) is 5.17. The van der Waals surface area contributed by atoms with E-state index in [0.717, 1.165) is 34.4 Å². The van der Waals surface area contributed by atoms with E-state index < -0.39 is 5.60 Å². The highest BCUT2D eigenvalue weighted by molar-refractivity contribution is 5.83. The SMILES string of the molecule is CC(C)(C)OC(=O)N1C[C@@H]2C[C@H]1CN2n1c(-c2cccnc2N)nc2ccc(-c3ccccc3)nc21. The summed E-state index contributed by atoms with van der Waals surface area (Å²) < 4.78 is 7.73. The molecular weight excluding hydrogens is 454 g/mol. The fraction of sp³-hybridized carbons (Fsp3) is 0.333. The van der Waals surface area contributed by atoms with Crippen LogP contribution in [0.1, 0.15) is 27.2 Å². The number of pyridine rings is 2. The van der Waals surface area contributed by atoms with Crippen LogP contribution in [0.4, 0.5) is 10.6 Å². The average molecular weight is 484 g/mol. The van der Waals surface area contributed by atoms with Crippen molar-refractivity contribution in [2.24, 2.45) is 0 Å². The Morgan fingerprint density at radius 1 is 1.00 bits per heavy atom. The highest BCUT2D eigenvalue weighted by Gasteiger charge is 2.48. The lowest BCUT2D eigenvalue weighted by molar-refractivity contribution is 0.0208. The predicted molar refractivity (Wildman–Crippen MR) is 139 cm³/mol. The van der Waals surface area contributed by atoms with Gasteiger partial charge in [-0.3, -0.25) is 0 Å². The molecule has 4 aromatic rings. The third-order valence-corrected chi connectivity index (χ3v) is 6.73. The number of hydrogen-bond acceptors (Lipinski definition) is 7. The molecule has 2 saturated heterocycles. The molecule has 2 N–H and O–H groups in total. The van der Waals surface area contributed by atoms with E-state index in [4.69, 9.17) is 20.4 Å². The monoisotopic (exact) mass is 483 g/mol. The Hall–Kier alpha value is -4.14. The lowest BCUT2D eigenvalue weighted by atomic mass is 10.1. The van der Waals surface area contributed by atoms with Gasteiger partial charge in [-0.15, -0.1) is 0 Å². The lowest BCUT2D eigenvalue weighted by Crippen LogP contribution is -2.53. The van der Waals surface area contributed by atoms with Crippen molar-refractivity contribution in [2.75, 3.05) is 23.8 Å². The number of hydrogen-bond donors (Lipinski definition) is 1. The van der Waals surface area contributed by atoms with Gasteiger partial charge >= 0.3 is 6.09 Å². The van der Waals surface area contributed by atoms with Gasteiger partial charge in [0.2, 0.25) is 0 Å². The van der Waals surface area contributed by atoms with E-state index in [-0.39, 0.29) is 18.2 Å². The van der Waals surface area contributed by atoms with Gasteiger partial charge in [0.05, 0.1) is 29.9 Å². The van der Waals surface area contributed by atoms with Crippen molar-refractivity contribution >= 4 is 23.1 Å². The Bertz CT molecular complexity index is 1440. The highest BCUT2D eigenvalue weighted by Crippen LogP contribution is 2.36. The van der Waals surface area contributed by atoms with E-state index in [1.807, 2.05) is 80.3 Å². The van der Waals surface area contributed by atoms with Crippen LogP contribution in [0.3, 0.4) is 0 Å². The van der Waals surface area contributed by atoms with E-state index in [1.165, 1.54) is 0 Å². The molecular formula is C27H29N7O2. The van der Waals surface area contributed by atoms with E-state index in [0.29, 0.717) is 24.7 Å². The molecule has 3 aromatic heterocycles. The Morgan fingerprint density at radius 3 is 2.50 bits per heavy atom. The van der Waals surface area contributed by atoms with Crippen molar-refractivity contribution < 1.29 is 9.53 Å². The minimum Gasteiger partial charge on any atom is -0.444 e. The van der Waals surface area contributed by atoms with Crippen LogP contribution >= 0.6 is 0 Å². The van der Waals surface area contributed by atoms with E-state index >= 15 is 0 Å². The first-order valence-corrected chi connectivity index (χ1v) is 12.2. The molecule has 184 valence electrons. The second-order valence-electron chi connectivity index (χ2n) is 10.4. The molecule has 2 aliphatic rings. The van der Waals surface area contributed by atoms with Crippen LogP contribution in [0.5, 0.6) is 0 Å². The van der Waals surface area contributed by atoms with Gasteiger partial charge in [0.15, 0.2) is 11.5 Å². The first-order chi connectivity index (χ1) is 17.3. The average Bonchev–Trinajstić information content (AvgIpc) is 3.55. The quantitative estimate of drug-likeness (QED) is 0.469. The molecule has 0 unspecified atom stereocenters. The third-order valence-electron chi connectivity index (χ3n) is 6.73. The molecule has 2 fully saturated rings. The maximum absolute atomic E-state index is 12.8. The van der Waals surface area contributed by atoms with E-state index in [9.17, 15) is 4.79 Å². The molecule has 0 saturated carbocycles. The maximum atomic E-state index is 12.8. The van der Waals surface area contributed by atoms with Gasteiger partial charge in [-0.25, -0.2) is 24.4 Å². The summed E-state index contributed by atoms with van der Waals surface area (Å²) in [6.07, 6.45) is 2.28. The minimum atomic E-state index is -0.526. The number of carbonyl (C=O) groups excluding carboxylic acids is 1. The van der Waals surface area contributed by atoms with Gasteiger partial charge in [-0.2, -0.15) is 0 Å². The molecule has 9 nitrogen and oxygen atoms in total. The second kappa shape index (κ2) is 8.22. The number of likely N-dealkylation sites (tertiary alicyclic amines) is 1. The zero-order valence-electron chi connectivity index (χ0n) is 20.6. The number of aromatic nitrogens is 4. The topological polar surface area (TPSA) is 102 Å². The van der Waals surface area contributed by atoms with Crippen molar-refractivity contribution in [3.8, 4) is 22.6 Å². The summed E-state index contributed by atoms with van der Waals surface area (Å²) in [5.41, 5.74) is 9.95. The van der Waals surface area contributed by atoms with Gasteiger partial charge in [-0.05, 0) is 51.5 Å². The number of carbonyl (C=O) groups is 1. The molecule has 2 aliphatic heterocycles. The van der Waals surface area contributed by atoms with Gasteiger partial charge < -0.3 is 20.4 Å². The first-order valence-electron chi connectivity index (χ1n) is 12.2. The molecule has 0 aliphatic carbocycles. The van der Waals surface area contributed by atoms with Crippen LogP contribution in [0.25, 0.3) is 33.8 Å². The molecule has 0 radical (unpaired) electrons. The first kappa shape index (κ1) is 22.3. The fourth-order valence-electron chi connectivity index (χ4n) is 5.17. The maximum Gasteiger partial charge on any atom is 0.410 e. The number of nitrogen functional groups attached to an aromatic ring is 1.